The largest absolute Gasteiger partial charge is 0.352 e. The minimum atomic E-state index is -0.496. The number of aryl methyl sites for hydroxylation is 1. The zero-order valence-electron chi connectivity index (χ0n) is 14.8. The molecule has 1 aromatic carbocycles. The number of rotatable bonds is 3. The predicted octanol–water partition coefficient (Wildman–Crippen LogP) is 1.93. The van der Waals surface area contributed by atoms with Crippen molar-refractivity contribution in [1.82, 2.24) is 24.3 Å². The van der Waals surface area contributed by atoms with Gasteiger partial charge >= 0.3 is 5.69 Å². The van der Waals surface area contributed by atoms with E-state index in [1.54, 1.807) is 7.05 Å². The molecule has 0 spiro atoms. The van der Waals surface area contributed by atoms with Gasteiger partial charge in [0.05, 0.1) is 0 Å². The second-order valence-electron chi connectivity index (χ2n) is 6.85. The topological polar surface area (TPSA) is 82.7 Å². The van der Waals surface area contributed by atoms with E-state index in [0.717, 1.165) is 37.7 Å². The van der Waals surface area contributed by atoms with Crippen molar-refractivity contribution in [1.29, 1.82) is 0 Å². The third kappa shape index (κ3) is 3.05. The quantitative estimate of drug-likeness (QED) is 0.720. The Balaban J connectivity index is 1.83. The van der Waals surface area contributed by atoms with Gasteiger partial charge in [0.2, 0.25) is 0 Å². The normalized spacial score (nSPS) is 15.4. The van der Waals surface area contributed by atoms with E-state index in [2.05, 4.69) is 15.1 Å². The van der Waals surface area contributed by atoms with Crippen LogP contribution in [0.1, 0.15) is 49.5 Å². The van der Waals surface area contributed by atoms with Crippen LogP contribution in [0.3, 0.4) is 0 Å². The van der Waals surface area contributed by atoms with Crippen molar-refractivity contribution in [3.05, 3.63) is 62.6 Å². The molecular weight excluding hydrogens is 330 g/mol. The number of aromatic nitrogens is 5. The summed E-state index contributed by atoms with van der Waals surface area (Å²) >= 11 is 0. The third-order valence-corrected chi connectivity index (χ3v) is 5.00. The maximum atomic E-state index is 13.0. The Labute approximate surface area is 150 Å². The van der Waals surface area contributed by atoms with E-state index in [0.29, 0.717) is 12.2 Å². The molecule has 3 aliphatic rings. The van der Waals surface area contributed by atoms with Crippen LogP contribution in [-0.4, -0.2) is 24.3 Å². The van der Waals surface area contributed by atoms with Gasteiger partial charge in [-0.3, -0.25) is 9.36 Å². The lowest BCUT2D eigenvalue weighted by molar-refractivity contribution is 0.335. The summed E-state index contributed by atoms with van der Waals surface area (Å²) in [7, 11) is 1.69. The standard InChI is InChI=1S/C19H21N5O2/c1-23-17-16(20-15(22-23)12-13-8-4-2-5-9-13)18(25)24(19(26)21-17)14-10-6-3-7-11-14/h2,4-5,8-9,14H,3,6-7,10-12H2,1H3. The summed E-state index contributed by atoms with van der Waals surface area (Å²) < 4.78 is 2.79. The maximum absolute atomic E-state index is 13.0. The minimum absolute atomic E-state index is 0.0708. The van der Waals surface area contributed by atoms with Crippen molar-refractivity contribution in [3.63, 3.8) is 0 Å². The average molecular weight is 351 g/mol. The molecule has 7 heteroatoms. The van der Waals surface area contributed by atoms with Gasteiger partial charge in [-0.2, -0.15) is 10.1 Å². The summed E-state index contributed by atoms with van der Waals surface area (Å²) in [5.41, 5.74) is 0.440. The van der Waals surface area contributed by atoms with Crippen LogP contribution in [0.2, 0.25) is 0 Å². The predicted molar refractivity (Wildman–Crippen MR) is 97.3 cm³/mol. The number of benzene rings is 1. The van der Waals surface area contributed by atoms with E-state index in [1.165, 1.54) is 9.25 Å². The van der Waals surface area contributed by atoms with E-state index in [-0.39, 0.29) is 23.1 Å². The SMILES string of the molecule is Cn1nc(Cc2ccccc2)nc2c(=O)n(C3CCCCC3)c(=O)nc1-2. The van der Waals surface area contributed by atoms with Crippen molar-refractivity contribution >= 4 is 0 Å². The molecule has 0 amide bonds. The lowest BCUT2D eigenvalue weighted by atomic mass is 9.95. The molecule has 0 saturated heterocycles. The summed E-state index contributed by atoms with van der Waals surface area (Å²) in [6, 6.07) is 9.78. The van der Waals surface area contributed by atoms with Crippen LogP contribution in [0.4, 0.5) is 0 Å². The van der Waals surface area contributed by atoms with Crippen molar-refractivity contribution in [2.24, 2.45) is 7.05 Å². The lowest BCUT2D eigenvalue weighted by Crippen LogP contribution is -2.42. The molecule has 0 bridgehead atoms. The van der Waals surface area contributed by atoms with E-state index in [4.69, 9.17) is 0 Å². The Morgan fingerprint density at radius 1 is 1.04 bits per heavy atom. The van der Waals surface area contributed by atoms with Gasteiger partial charge in [-0.1, -0.05) is 49.6 Å². The van der Waals surface area contributed by atoms with Crippen LogP contribution in [0.25, 0.3) is 11.5 Å². The Hall–Kier alpha value is -2.83. The van der Waals surface area contributed by atoms with E-state index in [1.807, 2.05) is 30.3 Å². The summed E-state index contributed by atoms with van der Waals surface area (Å²) in [5.74, 6) is 0.780. The maximum Gasteiger partial charge on any atom is 0.352 e. The first-order chi connectivity index (χ1) is 12.6. The van der Waals surface area contributed by atoms with Gasteiger partial charge in [-0.15, -0.1) is 0 Å². The average Bonchev–Trinajstić information content (AvgIpc) is 2.65. The number of fused-ring (bicyclic) bond motifs is 1. The fourth-order valence-corrected chi connectivity index (χ4v) is 3.70. The molecule has 0 atom stereocenters. The molecule has 0 aromatic heterocycles. The van der Waals surface area contributed by atoms with Crippen molar-refractivity contribution in [3.8, 4) is 11.5 Å². The molecule has 1 saturated carbocycles. The second kappa shape index (κ2) is 6.82. The van der Waals surface area contributed by atoms with Gasteiger partial charge < -0.3 is 0 Å². The van der Waals surface area contributed by atoms with Gasteiger partial charge in [0, 0.05) is 19.5 Å². The van der Waals surface area contributed by atoms with Gasteiger partial charge in [0.15, 0.2) is 17.3 Å². The highest BCUT2D eigenvalue weighted by Gasteiger charge is 2.25. The van der Waals surface area contributed by atoms with Crippen LogP contribution in [0.15, 0.2) is 39.9 Å². The minimum Gasteiger partial charge on any atom is -0.267 e. The smallest absolute Gasteiger partial charge is 0.267 e. The first-order valence-corrected chi connectivity index (χ1v) is 9.04. The molecule has 0 radical (unpaired) electrons. The van der Waals surface area contributed by atoms with E-state index in [9.17, 15) is 9.59 Å². The number of hydrogen-bond acceptors (Lipinski definition) is 5. The molecule has 134 valence electrons. The molecular formula is C19H21N5O2. The molecule has 2 aliphatic heterocycles. The number of nitrogens with zero attached hydrogens (tertiary/aromatic N) is 5. The molecule has 0 N–H and O–H groups in total. The summed E-state index contributed by atoms with van der Waals surface area (Å²) in [4.78, 5) is 34.1. The highest BCUT2D eigenvalue weighted by Crippen LogP contribution is 2.26. The van der Waals surface area contributed by atoms with E-state index < -0.39 is 5.69 Å². The zero-order chi connectivity index (χ0) is 18.1. The van der Waals surface area contributed by atoms with Crippen LogP contribution < -0.4 is 11.2 Å². The van der Waals surface area contributed by atoms with Gasteiger partial charge in [0.25, 0.3) is 5.56 Å². The Morgan fingerprint density at radius 2 is 1.77 bits per heavy atom. The molecule has 7 nitrogen and oxygen atoms in total. The van der Waals surface area contributed by atoms with Crippen LogP contribution in [-0.2, 0) is 13.5 Å². The van der Waals surface area contributed by atoms with E-state index >= 15 is 0 Å². The third-order valence-electron chi connectivity index (χ3n) is 5.00. The van der Waals surface area contributed by atoms with Crippen LogP contribution in [0.5, 0.6) is 0 Å². The molecule has 0 unspecified atom stereocenters. The van der Waals surface area contributed by atoms with Gasteiger partial charge in [-0.25, -0.2) is 14.5 Å². The first-order valence-electron chi connectivity index (χ1n) is 9.04. The Bertz CT molecular complexity index is 1000. The fraction of sp³-hybridized carbons (Fsp3) is 0.421. The summed E-state index contributed by atoms with van der Waals surface area (Å²) in [6.07, 6.45) is 5.43. The van der Waals surface area contributed by atoms with Gasteiger partial charge in [-0.05, 0) is 18.4 Å². The second-order valence-corrected chi connectivity index (χ2v) is 6.85. The molecule has 2 heterocycles. The first kappa shape index (κ1) is 16.6. The fourth-order valence-electron chi connectivity index (χ4n) is 3.70. The van der Waals surface area contributed by atoms with Crippen LogP contribution >= 0.6 is 0 Å². The van der Waals surface area contributed by atoms with Gasteiger partial charge in [0.1, 0.15) is 0 Å². The Morgan fingerprint density at radius 3 is 2.50 bits per heavy atom. The lowest BCUT2D eigenvalue weighted by Gasteiger charge is -2.23. The number of hydrogen-bond donors (Lipinski definition) is 0. The summed E-state index contributed by atoms with van der Waals surface area (Å²) in [6.45, 7) is 0. The zero-order valence-corrected chi connectivity index (χ0v) is 14.8. The molecule has 1 fully saturated rings. The summed E-state index contributed by atoms with van der Waals surface area (Å²) in [5, 5.41) is 4.38. The van der Waals surface area contributed by atoms with Crippen molar-refractivity contribution in [2.45, 2.75) is 44.6 Å². The van der Waals surface area contributed by atoms with Crippen molar-refractivity contribution in [2.75, 3.05) is 0 Å². The highest BCUT2D eigenvalue weighted by molar-refractivity contribution is 5.48. The molecule has 26 heavy (non-hydrogen) atoms. The molecule has 1 aliphatic carbocycles. The molecule has 4 rings (SSSR count). The highest BCUT2D eigenvalue weighted by atomic mass is 16.2. The van der Waals surface area contributed by atoms with Crippen LogP contribution in [0, 0.1) is 0 Å². The molecule has 1 aromatic rings. The van der Waals surface area contributed by atoms with Crippen molar-refractivity contribution < 1.29 is 0 Å². The Kier molecular flexibility index (Phi) is 4.36. The monoisotopic (exact) mass is 351 g/mol.